The van der Waals surface area contributed by atoms with Crippen LogP contribution in [-0.2, 0) is 23.1 Å². The van der Waals surface area contributed by atoms with Crippen LogP contribution in [0, 0.1) is 13.8 Å². The van der Waals surface area contributed by atoms with E-state index in [-0.39, 0.29) is 28.9 Å². The van der Waals surface area contributed by atoms with Crippen molar-refractivity contribution in [3.63, 3.8) is 0 Å². The first-order valence-corrected chi connectivity index (χ1v) is 10.4. The highest BCUT2D eigenvalue weighted by atomic mass is 127. The van der Waals surface area contributed by atoms with Crippen molar-refractivity contribution in [1.29, 1.82) is 0 Å². The number of benzene rings is 1. The van der Waals surface area contributed by atoms with Crippen molar-refractivity contribution in [2.45, 2.75) is 31.8 Å². The fourth-order valence-electron chi connectivity index (χ4n) is 2.17. The molecule has 0 aliphatic rings. The number of nitrogens with zero attached hydrogens (tertiary/aromatic N) is 3. The maximum absolute atomic E-state index is 12.1. The maximum Gasteiger partial charge on any atom is 0.242 e. The Labute approximate surface area is 182 Å². The fourth-order valence-corrected chi connectivity index (χ4v) is 3.95. The summed E-state index contributed by atoms with van der Waals surface area (Å²) in [5.74, 6) is 0.667. The Balaban J connectivity index is 0.00000364. The molecule has 0 saturated carbocycles. The standard InChI is InChI=1S/C17H25N5O2S2.HI/c1-12-13(2)25-16(21-12)11-20-17(18-3)19-10-14-6-8-15(9-7-14)26(23,24)22(4)5;/h6-9H,10-11H2,1-5H3,(H2,18,19,20);1H. The average molecular weight is 523 g/mol. The molecule has 7 nitrogen and oxygen atoms in total. The molecule has 0 spiro atoms. The quantitative estimate of drug-likeness (QED) is 0.345. The van der Waals surface area contributed by atoms with E-state index in [0.29, 0.717) is 19.0 Å². The molecule has 0 fully saturated rings. The molecule has 2 aromatic rings. The van der Waals surface area contributed by atoms with Crippen molar-refractivity contribution in [2.75, 3.05) is 21.1 Å². The van der Waals surface area contributed by atoms with Crippen molar-refractivity contribution < 1.29 is 8.42 Å². The number of sulfonamides is 1. The lowest BCUT2D eigenvalue weighted by Crippen LogP contribution is -2.36. The van der Waals surface area contributed by atoms with E-state index in [4.69, 9.17) is 0 Å². The van der Waals surface area contributed by atoms with E-state index in [1.165, 1.54) is 23.3 Å². The van der Waals surface area contributed by atoms with E-state index >= 15 is 0 Å². The van der Waals surface area contributed by atoms with Gasteiger partial charge in [-0.25, -0.2) is 17.7 Å². The molecule has 0 radical (unpaired) electrons. The highest BCUT2D eigenvalue weighted by Crippen LogP contribution is 2.16. The summed E-state index contributed by atoms with van der Waals surface area (Å²) in [5, 5.41) is 7.46. The fraction of sp³-hybridized carbons (Fsp3) is 0.412. The molecule has 0 unspecified atom stereocenters. The lowest BCUT2D eigenvalue weighted by molar-refractivity contribution is 0.520. The van der Waals surface area contributed by atoms with Gasteiger partial charge < -0.3 is 10.6 Å². The number of nitrogens with one attached hydrogen (secondary N) is 2. The maximum atomic E-state index is 12.1. The summed E-state index contributed by atoms with van der Waals surface area (Å²) in [4.78, 5) is 10.2. The molecule has 0 atom stereocenters. The van der Waals surface area contributed by atoms with Crippen LogP contribution in [-0.4, -0.2) is 44.8 Å². The molecule has 0 aliphatic carbocycles. The number of thiazole rings is 1. The zero-order valence-electron chi connectivity index (χ0n) is 16.1. The van der Waals surface area contributed by atoms with Crippen LogP contribution >= 0.6 is 35.3 Å². The summed E-state index contributed by atoms with van der Waals surface area (Å²) < 4.78 is 25.4. The Morgan fingerprint density at radius 3 is 2.22 bits per heavy atom. The molecule has 2 rings (SSSR count). The third-order valence-electron chi connectivity index (χ3n) is 3.87. The monoisotopic (exact) mass is 523 g/mol. The molecule has 1 heterocycles. The Bertz CT molecular complexity index is 858. The van der Waals surface area contributed by atoms with Crippen LogP contribution in [0.2, 0.25) is 0 Å². The number of aliphatic imine (C=N–C) groups is 1. The minimum Gasteiger partial charge on any atom is -0.352 e. The van der Waals surface area contributed by atoms with Crippen molar-refractivity contribution >= 4 is 51.3 Å². The second-order valence-electron chi connectivity index (χ2n) is 5.96. The highest BCUT2D eigenvalue weighted by Gasteiger charge is 2.16. The minimum atomic E-state index is -3.40. The molecule has 1 aromatic carbocycles. The van der Waals surface area contributed by atoms with Crippen LogP contribution in [0.15, 0.2) is 34.2 Å². The van der Waals surface area contributed by atoms with E-state index in [1.807, 2.05) is 6.92 Å². The number of rotatable bonds is 6. The summed E-state index contributed by atoms with van der Waals surface area (Å²) in [6.45, 7) is 5.21. The number of halogens is 1. The molecular weight excluding hydrogens is 497 g/mol. The van der Waals surface area contributed by atoms with Crippen LogP contribution < -0.4 is 10.6 Å². The number of hydrogen-bond donors (Lipinski definition) is 2. The van der Waals surface area contributed by atoms with E-state index in [9.17, 15) is 8.42 Å². The van der Waals surface area contributed by atoms with Gasteiger partial charge in [0.1, 0.15) is 5.01 Å². The van der Waals surface area contributed by atoms with E-state index in [1.54, 1.807) is 42.6 Å². The van der Waals surface area contributed by atoms with Gasteiger partial charge in [-0.1, -0.05) is 12.1 Å². The van der Waals surface area contributed by atoms with Gasteiger partial charge in [0.2, 0.25) is 10.0 Å². The first-order chi connectivity index (χ1) is 12.2. The van der Waals surface area contributed by atoms with Gasteiger partial charge in [-0.2, -0.15) is 0 Å². The third-order valence-corrected chi connectivity index (χ3v) is 6.77. The summed E-state index contributed by atoms with van der Waals surface area (Å²) in [7, 11) is 1.35. The summed E-state index contributed by atoms with van der Waals surface area (Å²) in [5.41, 5.74) is 2.02. The van der Waals surface area contributed by atoms with E-state index in [2.05, 4.69) is 27.5 Å². The SMILES string of the molecule is CN=C(NCc1ccc(S(=O)(=O)N(C)C)cc1)NCc1nc(C)c(C)s1.I. The lowest BCUT2D eigenvalue weighted by Gasteiger charge is -2.13. The van der Waals surface area contributed by atoms with Gasteiger partial charge in [0.05, 0.1) is 17.1 Å². The van der Waals surface area contributed by atoms with Crippen LogP contribution in [0.4, 0.5) is 0 Å². The topological polar surface area (TPSA) is 86.7 Å². The van der Waals surface area contributed by atoms with Gasteiger partial charge in [-0.3, -0.25) is 4.99 Å². The molecule has 0 bridgehead atoms. The van der Waals surface area contributed by atoms with Crippen molar-refractivity contribution in [1.82, 2.24) is 19.9 Å². The second-order valence-corrected chi connectivity index (χ2v) is 9.40. The molecule has 0 saturated heterocycles. The van der Waals surface area contributed by atoms with Crippen LogP contribution in [0.5, 0.6) is 0 Å². The van der Waals surface area contributed by atoms with Crippen molar-refractivity contribution in [3.05, 3.63) is 45.4 Å². The molecule has 2 N–H and O–H groups in total. The summed E-state index contributed by atoms with van der Waals surface area (Å²) in [6, 6.07) is 6.82. The Morgan fingerprint density at radius 1 is 1.15 bits per heavy atom. The van der Waals surface area contributed by atoms with Gasteiger partial charge >= 0.3 is 0 Å². The minimum absolute atomic E-state index is 0. The molecule has 10 heteroatoms. The molecule has 0 amide bonds. The number of aromatic nitrogens is 1. The van der Waals surface area contributed by atoms with Gasteiger partial charge in [0, 0.05) is 32.6 Å². The molecule has 27 heavy (non-hydrogen) atoms. The van der Waals surface area contributed by atoms with E-state index < -0.39 is 10.0 Å². The van der Waals surface area contributed by atoms with E-state index in [0.717, 1.165) is 16.3 Å². The zero-order chi connectivity index (χ0) is 19.3. The highest BCUT2D eigenvalue weighted by molar-refractivity contribution is 14.0. The largest absolute Gasteiger partial charge is 0.352 e. The Morgan fingerprint density at radius 2 is 1.74 bits per heavy atom. The van der Waals surface area contributed by atoms with Crippen molar-refractivity contribution in [3.8, 4) is 0 Å². The number of guanidine groups is 1. The van der Waals surface area contributed by atoms with Crippen LogP contribution in [0.1, 0.15) is 21.1 Å². The zero-order valence-corrected chi connectivity index (χ0v) is 20.1. The molecule has 1 aromatic heterocycles. The summed E-state index contributed by atoms with van der Waals surface area (Å²) in [6.07, 6.45) is 0. The smallest absolute Gasteiger partial charge is 0.242 e. The predicted octanol–water partition coefficient (Wildman–Crippen LogP) is 2.49. The van der Waals surface area contributed by atoms with Gasteiger partial charge in [-0.05, 0) is 31.5 Å². The number of aryl methyl sites for hydroxylation is 2. The predicted molar refractivity (Wildman–Crippen MR) is 121 cm³/mol. The molecule has 150 valence electrons. The molecular formula is C17H26IN5O2S2. The van der Waals surface area contributed by atoms with Crippen LogP contribution in [0.25, 0.3) is 0 Å². The summed E-state index contributed by atoms with van der Waals surface area (Å²) >= 11 is 1.67. The lowest BCUT2D eigenvalue weighted by atomic mass is 10.2. The first-order valence-electron chi connectivity index (χ1n) is 8.13. The van der Waals surface area contributed by atoms with Crippen molar-refractivity contribution in [2.24, 2.45) is 4.99 Å². The Kier molecular flexibility index (Phi) is 9.12. The van der Waals surface area contributed by atoms with Gasteiger partial charge in [-0.15, -0.1) is 35.3 Å². The number of hydrogen-bond acceptors (Lipinski definition) is 5. The Hall–Kier alpha value is -1.24. The normalized spacial score (nSPS) is 12.0. The van der Waals surface area contributed by atoms with Crippen LogP contribution in [0.3, 0.4) is 0 Å². The third kappa shape index (κ3) is 6.40. The first kappa shape index (κ1) is 23.8. The second kappa shape index (κ2) is 10.3. The average Bonchev–Trinajstić information content (AvgIpc) is 2.93. The molecule has 0 aliphatic heterocycles. The van der Waals surface area contributed by atoms with Gasteiger partial charge in [0.25, 0.3) is 0 Å². The van der Waals surface area contributed by atoms with Gasteiger partial charge in [0.15, 0.2) is 5.96 Å².